The number of amides is 1. The first-order chi connectivity index (χ1) is 10.5. The molecule has 0 aliphatic rings. The maximum atomic E-state index is 11.6. The van der Waals surface area contributed by atoms with Crippen molar-refractivity contribution < 1.29 is 14.5 Å². The van der Waals surface area contributed by atoms with Crippen molar-refractivity contribution in [3.05, 3.63) is 56.3 Å². The van der Waals surface area contributed by atoms with Crippen molar-refractivity contribution in [1.82, 2.24) is 9.97 Å². The van der Waals surface area contributed by atoms with E-state index in [1.165, 1.54) is 0 Å². The average Bonchev–Trinajstić information content (AvgIpc) is 2.45. The number of benzene rings is 1. The van der Waals surface area contributed by atoms with Crippen LogP contribution in [0.3, 0.4) is 0 Å². The summed E-state index contributed by atoms with van der Waals surface area (Å²) in [6.45, 7) is 0.0428. The third kappa shape index (κ3) is 4.03. The minimum absolute atomic E-state index is 0.0428. The van der Waals surface area contributed by atoms with Gasteiger partial charge >= 0.3 is 11.8 Å². The highest BCUT2D eigenvalue weighted by Crippen LogP contribution is 2.30. The van der Waals surface area contributed by atoms with Crippen LogP contribution in [0.15, 0.2) is 30.3 Å². The second-order valence-corrected chi connectivity index (χ2v) is 4.64. The number of nitrogens with one attached hydrogen (secondary N) is 1. The summed E-state index contributed by atoms with van der Waals surface area (Å²) in [4.78, 5) is 28.6. The van der Waals surface area contributed by atoms with Gasteiger partial charge in [0.05, 0.1) is 4.92 Å². The van der Waals surface area contributed by atoms with Crippen molar-refractivity contribution in [3.63, 3.8) is 0 Å². The molecule has 0 atom stereocenters. The fraction of sp³-hybridized carbons (Fsp3) is 0.0833. The maximum Gasteiger partial charge on any atom is 0.414 e. The molecule has 0 saturated heterocycles. The van der Waals surface area contributed by atoms with Crippen LogP contribution in [0.5, 0.6) is 0 Å². The van der Waals surface area contributed by atoms with Gasteiger partial charge in [0.2, 0.25) is 16.3 Å². The Kier molecular flexibility index (Phi) is 5.08. The Morgan fingerprint density at radius 1 is 1.23 bits per heavy atom. The molecular weight excluding hydrogens is 335 g/mol. The number of ether oxygens (including phenoxy) is 1. The number of anilines is 1. The van der Waals surface area contributed by atoms with E-state index in [1.54, 1.807) is 24.3 Å². The van der Waals surface area contributed by atoms with Gasteiger partial charge in [0.1, 0.15) is 6.61 Å². The highest BCUT2D eigenvalue weighted by atomic mass is 35.5. The predicted molar refractivity (Wildman–Crippen MR) is 79.0 cm³/mol. The number of rotatable bonds is 4. The van der Waals surface area contributed by atoms with E-state index < -0.39 is 27.0 Å². The summed E-state index contributed by atoms with van der Waals surface area (Å²) in [5, 5.41) is 11.9. The van der Waals surface area contributed by atoms with Crippen LogP contribution in [0.1, 0.15) is 5.56 Å². The normalized spacial score (nSPS) is 10.1. The van der Waals surface area contributed by atoms with Crippen molar-refractivity contribution in [2.75, 3.05) is 5.32 Å². The lowest BCUT2D eigenvalue weighted by molar-refractivity contribution is -0.385. The van der Waals surface area contributed by atoms with Gasteiger partial charge in [0, 0.05) is 0 Å². The molecule has 1 aromatic heterocycles. The molecule has 10 heteroatoms. The molecule has 114 valence electrons. The number of nitro groups is 1. The van der Waals surface area contributed by atoms with E-state index in [2.05, 4.69) is 15.3 Å². The van der Waals surface area contributed by atoms with Gasteiger partial charge in [-0.3, -0.25) is 15.4 Å². The zero-order valence-corrected chi connectivity index (χ0v) is 12.3. The molecule has 1 aromatic carbocycles. The van der Waals surface area contributed by atoms with Crippen LogP contribution in [-0.2, 0) is 11.3 Å². The number of carbonyl (C=O) groups excluding carboxylic acids is 1. The molecule has 1 N–H and O–H groups in total. The van der Waals surface area contributed by atoms with Crippen molar-refractivity contribution in [3.8, 4) is 0 Å². The van der Waals surface area contributed by atoms with Crippen molar-refractivity contribution in [2.24, 2.45) is 0 Å². The summed E-state index contributed by atoms with van der Waals surface area (Å²) in [6, 6.07) is 9.00. The molecule has 0 radical (unpaired) electrons. The molecule has 0 aliphatic carbocycles. The second-order valence-electron chi connectivity index (χ2n) is 3.92. The topological polar surface area (TPSA) is 107 Å². The summed E-state index contributed by atoms with van der Waals surface area (Å²) in [5.74, 6) is -0.293. The van der Waals surface area contributed by atoms with Gasteiger partial charge in [-0.25, -0.2) is 4.79 Å². The molecule has 0 fully saturated rings. The van der Waals surface area contributed by atoms with Crippen LogP contribution in [-0.4, -0.2) is 21.0 Å². The van der Waals surface area contributed by atoms with E-state index >= 15 is 0 Å². The molecule has 2 aromatic rings. The third-order valence-corrected chi connectivity index (χ3v) is 2.94. The lowest BCUT2D eigenvalue weighted by Gasteiger charge is -2.06. The zero-order chi connectivity index (χ0) is 16.1. The fourth-order valence-corrected chi connectivity index (χ4v) is 1.98. The van der Waals surface area contributed by atoms with Crippen LogP contribution in [0.2, 0.25) is 10.3 Å². The molecule has 0 spiro atoms. The Morgan fingerprint density at radius 2 is 1.82 bits per heavy atom. The summed E-state index contributed by atoms with van der Waals surface area (Å²) in [7, 11) is 0. The van der Waals surface area contributed by atoms with E-state index in [0.29, 0.717) is 0 Å². The SMILES string of the molecule is O=C(Nc1nc(Cl)c([N+](=O)[O-])c(Cl)n1)OCc1ccccc1. The van der Waals surface area contributed by atoms with Gasteiger partial charge in [-0.2, -0.15) is 9.97 Å². The lowest BCUT2D eigenvalue weighted by Crippen LogP contribution is -2.16. The standard InChI is InChI=1S/C12H8Cl2N4O4/c13-9-8(18(20)21)10(14)16-11(15-9)17-12(19)22-6-7-4-2-1-3-5-7/h1-5H,6H2,(H,15,16,17,19). The monoisotopic (exact) mass is 342 g/mol. The Bertz CT molecular complexity index is 689. The lowest BCUT2D eigenvalue weighted by atomic mass is 10.2. The molecule has 0 aliphatic heterocycles. The highest BCUT2D eigenvalue weighted by Gasteiger charge is 2.23. The van der Waals surface area contributed by atoms with Crippen molar-refractivity contribution >= 4 is 40.9 Å². The van der Waals surface area contributed by atoms with E-state index in [-0.39, 0.29) is 12.6 Å². The Morgan fingerprint density at radius 3 is 2.36 bits per heavy atom. The minimum atomic E-state index is -0.843. The third-order valence-electron chi connectivity index (χ3n) is 2.41. The van der Waals surface area contributed by atoms with E-state index in [9.17, 15) is 14.9 Å². The predicted octanol–water partition coefficient (Wildman–Crippen LogP) is 3.44. The molecule has 0 bridgehead atoms. The van der Waals surface area contributed by atoms with Crippen molar-refractivity contribution in [1.29, 1.82) is 0 Å². The largest absolute Gasteiger partial charge is 0.444 e. The van der Waals surface area contributed by atoms with Crippen molar-refractivity contribution in [2.45, 2.75) is 6.61 Å². The first-order valence-corrected chi connectivity index (χ1v) is 6.58. The van der Waals surface area contributed by atoms with Crippen LogP contribution in [0.25, 0.3) is 0 Å². The summed E-state index contributed by atoms with van der Waals surface area (Å²) < 4.78 is 4.94. The molecule has 22 heavy (non-hydrogen) atoms. The van der Waals surface area contributed by atoms with Crippen LogP contribution in [0, 0.1) is 10.1 Å². The Labute approximate surface area is 134 Å². The summed E-state index contributed by atoms with van der Waals surface area (Å²) in [6.07, 6.45) is -0.843. The smallest absolute Gasteiger partial charge is 0.414 e. The van der Waals surface area contributed by atoms with Crippen LogP contribution in [0.4, 0.5) is 16.4 Å². The maximum absolute atomic E-state index is 11.6. The first-order valence-electron chi connectivity index (χ1n) is 5.82. The molecule has 1 heterocycles. The van der Waals surface area contributed by atoms with Gasteiger partial charge in [-0.15, -0.1) is 0 Å². The molecule has 1 amide bonds. The molecular formula is C12H8Cl2N4O4. The van der Waals surface area contributed by atoms with E-state index in [1.807, 2.05) is 6.07 Å². The number of nitrogens with zero attached hydrogens (tertiary/aromatic N) is 3. The molecule has 8 nitrogen and oxygen atoms in total. The number of hydrogen-bond donors (Lipinski definition) is 1. The number of carbonyl (C=O) groups is 1. The summed E-state index contributed by atoms with van der Waals surface area (Å²) >= 11 is 11.2. The van der Waals surface area contributed by atoms with E-state index in [0.717, 1.165) is 5.56 Å². The second kappa shape index (κ2) is 7.01. The Hall–Kier alpha value is -2.45. The van der Waals surface area contributed by atoms with E-state index in [4.69, 9.17) is 27.9 Å². The quantitative estimate of drug-likeness (QED) is 0.518. The fourth-order valence-electron chi connectivity index (χ4n) is 1.46. The van der Waals surface area contributed by atoms with Gasteiger partial charge in [0.25, 0.3) is 0 Å². The molecule has 0 unspecified atom stereocenters. The van der Waals surface area contributed by atoms with Gasteiger partial charge in [0.15, 0.2) is 0 Å². The Balaban J connectivity index is 2.01. The van der Waals surface area contributed by atoms with Crippen LogP contribution >= 0.6 is 23.2 Å². The van der Waals surface area contributed by atoms with Gasteiger partial charge < -0.3 is 4.74 Å². The number of hydrogen-bond acceptors (Lipinski definition) is 6. The molecule has 0 saturated carbocycles. The number of halogens is 2. The van der Waals surface area contributed by atoms with Gasteiger partial charge in [-0.05, 0) is 5.56 Å². The highest BCUT2D eigenvalue weighted by molar-refractivity contribution is 6.36. The van der Waals surface area contributed by atoms with Gasteiger partial charge in [-0.1, -0.05) is 53.5 Å². The zero-order valence-electron chi connectivity index (χ0n) is 10.8. The first kappa shape index (κ1) is 15.9. The van der Waals surface area contributed by atoms with Crippen LogP contribution < -0.4 is 5.32 Å². The minimum Gasteiger partial charge on any atom is -0.444 e. The number of aromatic nitrogens is 2. The molecule has 2 rings (SSSR count). The average molecular weight is 343 g/mol. The summed E-state index contributed by atoms with van der Waals surface area (Å²) in [5.41, 5.74) is 0.157.